The standard InChI is InChI=1S/C22H32N6O3/c1-15-6-8-17(9-7-15)19-23-18(31-26-19)14-27-10-12-28(13-11-27)16(2)20(29)24-21(30)25-22(3,4)5/h6-9,16H,10-14H2,1-5H3,(H2,24,25,29,30). The Kier molecular flexibility index (Phi) is 7.07. The van der Waals surface area contributed by atoms with E-state index in [2.05, 4.69) is 30.6 Å². The summed E-state index contributed by atoms with van der Waals surface area (Å²) in [6.07, 6.45) is 0. The Balaban J connectivity index is 1.47. The van der Waals surface area contributed by atoms with Crippen molar-refractivity contribution >= 4 is 11.9 Å². The van der Waals surface area contributed by atoms with E-state index in [1.807, 2.05) is 58.9 Å². The van der Waals surface area contributed by atoms with Crippen LogP contribution in [0.4, 0.5) is 4.79 Å². The van der Waals surface area contributed by atoms with Gasteiger partial charge in [0.2, 0.25) is 17.6 Å². The van der Waals surface area contributed by atoms with E-state index in [4.69, 9.17) is 4.52 Å². The third-order valence-corrected chi connectivity index (χ3v) is 5.20. The first-order valence-corrected chi connectivity index (χ1v) is 10.6. The number of benzene rings is 1. The lowest BCUT2D eigenvalue weighted by molar-refractivity contribution is -0.125. The van der Waals surface area contributed by atoms with E-state index in [1.54, 1.807) is 0 Å². The Morgan fingerprint density at radius 3 is 2.39 bits per heavy atom. The molecule has 0 bridgehead atoms. The summed E-state index contributed by atoms with van der Waals surface area (Å²) in [4.78, 5) is 33.1. The third-order valence-electron chi connectivity index (χ3n) is 5.20. The topological polar surface area (TPSA) is 104 Å². The van der Waals surface area contributed by atoms with Crippen LogP contribution < -0.4 is 10.6 Å². The monoisotopic (exact) mass is 428 g/mol. The highest BCUT2D eigenvalue weighted by molar-refractivity contribution is 5.97. The molecule has 2 heterocycles. The smallest absolute Gasteiger partial charge is 0.321 e. The number of amides is 3. The van der Waals surface area contributed by atoms with Crippen molar-refractivity contribution in [1.29, 1.82) is 0 Å². The van der Waals surface area contributed by atoms with Crippen LogP contribution in [-0.2, 0) is 11.3 Å². The van der Waals surface area contributed by atoms with Crippen LogP contribution in [0.1, 0.15) is 39.1 Å². The van der Waals surface area contributed by atoms with Crippen LogP contribution in [0, 0.1) is 6.92 Å². The third kappa shape index (κ3) is 6.60. The molecule has 0 saturated carbocycles. The first-order valence-electron chi connectivity index (χ1n) is 10.6. The maximum absolute atomic E-state index is 12.4. The summed E-state index contributed by atoms with van der Waals surface area (Å²) >= 11 is 0. The number of aromatic nitrogens is 2. The average molecular weight is 429 g/mol. The van der Waals surface area contributed by atoms with E-state index in [1.165, 1.54) is 5.56 Å². The molecule has 1 fully saturated rings. The van der Waals surface area contributed by atoms with Gasteiger partial charge in [-0.3, -0.25) is 19.9 Å². The SMILES string of the molecule is Cc1ccc(-c2noc(CN3CCN(C(C)C(=O)NC(=O)NC(C)(C)C)CC3)n2)cc1. The van der Waals surface area contributed by atoms with Crippen LogP contribution in [0.3, 0.4) is 0 Å². The van der Waals surface area contributed by atoms with Crippen molar-refractivity contribution < 1.29 is 14.1 Å². The summed E-state index contributed by atoms with van der Waals surface area (Å²) < 4.78 is 5.42. The van der Waals surface area contributed by atoms with Gasteiger partial charge < -0.3 is 9.84 Å². The number of rotatable bonds is 5. The molecule has 3 amide bonds. The minimum absolute atomic E-state index is 0.296. The van der Waals surface area contributed by atoms with Crippen molar-refractivity contribution in [1.82, 2.24) is 30.6 Å². The second kappa shape index (κ2) is 9.57. The number of imide groups is 1. The lowest BCUT2D eigenvalue weighted by Gasteiger charge is -2.36. The second-order valence-corrected chi connectivity index (χ2v) is 9.06. The number of nitrogens with zero attached hydrogens (tertiary/aromatic N) is 4. The molecular formula is C22H32N6O3. The summed E-state index contributed by atoms with van der Waals surface area (Å²) in [7, 11) is 0. The highest BCUT2D eigenvalue weighted by atomic mass is 16.5. The lowest BCUT2D eigenvalue weighted by Crippen LogP contribution is -2.56. The van der Waals surface area contributed by atoms with Gasteiger partial charge in [0.1, 0.15) is 0 Å². The molecule has 2 aromatic rings. The Hall–Kier alpha value is -2.78. The molecule has 31 heavy (non-hydrogen) atoms. The second-order valence-electron chi connectivity index (χ2n) is 9.06. The molecule has 1 aromatic heterocycles. The Morgan fingerprint density at radius 1 is 1.13 bits per heavy atom. The van der Waals surface area contributed by atoms with Crippen molar-refractivity contribution in [3.05, 3.63) is 35.7 Å². The van der Waals surface area contributed by atoms with E-state index in [0.29, 0.717) is 31.3 Å². The number of hydrogen-bond acceptors (Lipinski definition) is 7. The van der Waals surface area contributed by atoms with Gasteiger partial charge in [-0.15, -0.1) is 0 Å². The zero-order valence-electron chi connectivity index (χ0n) is 18.9. The molecule has 1 aliphatic heterocycles. The van der Waals surface area contributed by atoms with Gasteiger partial charge in [0, 0.05) is 37.3 Å². The fourth-order valence-corrected chi connectivity index (χ4v) is 3.39. The summed E-state index contributed by atoms with van der Waals surface area (Å²) in [5, 5.41) is 9.25. The van der Waals surface area contributed by atoms with Gasteiger partial charge in [-0.25, -0.2) is 4.79 Å². The van der Waals surface area contributed by atoms with Crippen LogP contribution in [-0.4, -0.2) is 69.6 Å². The number of nitrogens with one attached hydrogen (secondary N) is 2. The molecule has 1 aromatic carbocycles. The van der Waals surface area contributed by atoms with Crippen LogP contribution in [0.15, 0.2) is 28.8 Å². The highest BCUT2D eigenvalue weighted by Crippen LogP contribution is 2.17. The molecule has 0 radical (unpaired) electrons. The van der Waals surface area contributed by atoms with Gasteiger partial charge in [0.25, 0.3) is 0 Å². The van der Waals surface area contributed by atoms with Crippen molar-refractivity contribution in [3.63, 3.8) is 0 Å². The van der Waals surface area contributed by atoms with E-state index in [0.717, 1.165) is 18.7 Å². The fraction of sp³-hybridized carbons (Fsp3) is 0.545. The molecule has 0 spiro atoms. The van der Waals surface area contributed by atoms with Crippen molar-refractivity contribution in [2.45, 2.75) is 52.7 Å². The van der Waals surface area contributed by atoms with Crippen molar-refractivity contribution in [3.8, 4) is 11.4 Å². The average Bonchev–Trinajstić information content (AvgIpc) is 3.15. The molecule has 1 atom stereocenters. The molecule has 0 aliphatic carbocycles. The fourth-order valence-electron chi connectivity index (χ4n) is 3.39. The number of piperazine rings is 1. The van der Waals surface area contributed by atoms with Crippen LogP contribution in [0.5, 0.6) is 0 Å². The zero-order chi connectivity index (χ0) is 22.6. The number of aryl methyl sites for hydroxylation is 1. The van der Waals surface area contributed by atoms with Gasteiger partial charge in [-0.1, -0.05) is 35.0 Å². The number of carbonyl (C=O) groups excluding carboxylic acids is 2. The maximum Gasteiger partial charge on any atom is 0.321 e. The summed E-state index contributed by atoms with van der Waals surface area (Å²) in [5.41, 5.74) is 1.72. The largest absolute Gasteiger partial charge is 0.338 e. The summed E-state index contributed by atoms with van der Waals surface area (Å²) in [6, 6.07) is 7.16. The minimum Gasteiger partial charge on any atom is -0.338 e. The molecule has 3 rings (SSSR count). The quantitative estimate of drug-likeness (QED) is 0.752. The van der Waals surface area contributed by atoms with Gasteiger partial charge in [-0.05, 0) is 34.6 Å². The van der Waals surface area contributed by atoms with Crippen LogP contribution >= 0.6 is 0 Å². The number of hydrogen-bond donors (Lipinski definition) is 2. The van der Waals surface area contributed by atoms with Crippen molar-refractivity contribution in [2.24, 2.45) is 0 Å². The van der Waals surface area contributed by atoms with Gasteiger partial charge in [-0.2, -0.15) is 4.98 Å². The highest BCUT2D eigenvalue weighted by Gasteiger charge is 2.28. The van der Waals surface area contributed by atoms with Gasteiger partial charge in [0.15, 0.2) is 0 Å². The Morgan fingerprint density at radius 2 is 1.77 bits per heavy atom. The number of carbonyl (C=O) groups is 2. The molecule has 9 heteroatoms. The van der Waals surface area contributed by atoms with Gasteiger partial charge >= 0.3 is 6.03 Å². The maximum atomic E-state index is 12.4. The molecule has 1 aliphatic rings. The summed E-state index contributed by atoms with van der Waals surface area (Å²) in [5.74, 6) is 0.871. The van der Waals surface area contributed by atoms with Crippen LogP contribution in [0.25, 0.3) is 11.4 Å². The first-order chi connectivity index (χ1) is 14.6. The Bertz CT molecular complexity index is 895. The van der Waals surface area contributed by atoms with E-state index >= 15 is 0 Å². The predicted molar refractivity (Wildman–Crippen MR) is 117 cm³/mol. The summed E-state index contributed by atoms with van der Waals surface area (Å²) in [6.45, 7) is 13.0. The molecule has 168 valence electrons. The first kappa shape index (κ1) is 22.9. The predicted octanol–water partition coefficient (Wildman–Crippen LogP) is 2.18. The van der Waals surface area contributed by atoms with E-state index < -0.39 is 11.6 Å². The molecule has 1 unspecified atom stereocenters. The van der Waals surface area contributed by atoms with Crippen molar-refractivity contribution in [2.75, 3.05) is 26.2 Å². The normalized spacial score (nSPS) is 16.7. The molecular weight excluding hydrogens is 396 g/mol. The van der Waals surface area contributed by atoms with E-state index in [9.17, 15) is 9.59 Å². The lowest BCUT2D eigenvalue weighted by atomic mass is 10.1. The zero-order valence-corrected chi connectivity index (χ0v) is 18.9. The van der Waals surface area contributed by atoms with Gasteiger partial charge in [0.05, 0.1) is 12.6 Å². The number of urea groups is 1. The minimum atomic E-state index is -0.469. The Labute approximate surface area is 183 Å². The molecule has 1 saturated heterocycles. The molecule has 9 nitrogen and oxygen atoms in total. The van der Waals surface area contributed by atoms with Crippen LogP contribution in [0.2, 0.25) is 0 Å². The van der Waals surface area contributed by atoms with E-state index in [-0.39, 0.29) is 11.9 Å². The molecule has 2 N–H and O–H groups in total.